The fourth-order valence-electron chi connectivity index (χ4n) is 3.04. The van der Waals surface area contributed by atoms with Crippen molar-refractivity contribution in [2.75, 3.05) is 12.3 Å². The summed E-state index contributed by atoms with van der Waals surface area (Å²) < 4.78 is 0.844. The molecule has 0 bridgehead atoms. The van der Waals surface area contributed by atoms with Gasteiger partial charge in [0.25, 0.3) is 5.91 Å². The van der Waals surface area contributed by atoms with Crippen LogP contribution in [0.15, 0.2) is 16.6 Å². The highest BCUT2D eigenvalue weighted by Crippen LogP contribution is 2.30. The summed E-state index contributed by atoms with van der Waals surface area (Å²) in [6.45, 7) is 4.97. The Labute approximate surface area is 135 Å². The van der Waals surface area contributed by atoms with Crippen molar-refractivity contribution in [2.45, 2.75) is 46.0 Å². The number of amides is 1. The number of nitrogens with two attached hydrogens (primary N) is 1. The molecule has 1 fully saturated rings. The van der Waals surface area contributed by atoms with E-state index in [1.807, 2.05) is 19.1 Å². The number of nitrogens with one attached hydrogen (secondary N) is 1. The highest BCUT2D eigenvalue weighted by molar-refractivity contribution is 9.10. The molecule has 2 rings (SSSR count). The number of carbonyl (C=O) groups excluding carboxylic acids is 1. The third-order valence-corrected chi connectivity index (χ3v) is 5.09. The topological polar surface area (TPSA) is 55.1 Å². The number of rotatable bonds is 4. The van der Waals surface area contributed by atoms with E-state index in [1.54, 1.807) is 0 Å². The molecule has 0 radical (unpaired) electrons. The molecule has 0 spiro atoms. The van der Waals surface area contributed by atoms with E-state index in [4.69, 9.17) is 5.73 Å². The Kier molecular flexibility index (Phi) is 5.68. The van der Waals surface area contributed by atoms with Crippen LogP contribution in [0.3, 0.4) is 0 Å². The first-order chi connectivity index (χ1) is 9.97. The monoisotopic (exact) mass is 352 g/mol. The second kappa shape index (κ2) is 7.30. The number of hydrogen-bond donors (Lipinski definition) is 2. The van der Waals surface area contributed by atoms with Crippen molar-refractivity contribution in [1.29, 1.82) is 0 Å². The molecule has 0 heterocycles. The summed E-state index contributed by atoms with van der Waals surface area (Å²) in [6, 6.07) is 3.67. The molecule has 21 heavy (non-hydrogen) atoms. The molecule has 1 aliphatic carbocycles. The van der Waals surface area contributed by atoms with Gasteiger partial charge in [0, 0.05) is 22.3 Å². The lowest BCUT2D eigenvalue weighted by atomic mass is 9.81. The van der Waals surface area contributed by atoms with E-state index in [0.717, 1.165) is 34.8 Å². The minimum Gasteiger partial charge on any atom is -0.398 e. The number of hydrogen-bond acceptors (Lipinski definition) is 2. The molecule has 0 saturated heterocycles. The Hall–Kier alpha value is -1.03. The highest BCUT2D eigenvalue weighted by Gasteiger charge is 2.18. The van der Waals surface area contributed by atoms with E-state index >= 15 is 0 Å². The van der Waals surface area contributed by atoms with Crippen LogP contribution in [-0.4, -0.2) is 12.5 Å². The van der Waals surface area contributed by atoms with Crippen molar-refractivity contribution in [3.63, 3.8) is 0 Å². The average molecular weight is 353 g/mol. The molecule has 0 aromatic heterocycles. The van der Waals surface area contributed by atoms with E-state index < -0.39 is 0 Å². The van der Waals surface area contributed by atoms with E-state index in [9.17, 15) is 4.79 Å². The Morgan fingerprint density at radius 1 is 1.33 bits per heavy atom. The second-order valence-electron chi connectivity index (χ2n) is 6.34. The van der Waals surface area contributed by atoms with Crippen LogP contribution in [0.1, 0.15) is 54.9 Å². The highest BCUT2D eigenvalue weighted by atomic mass is 79.9. The fraction of sp³-hybridized carbons (Fsp3) is 0.588. The average Bonchev–Trinajstić information content (AvgIpc) is 2.44. The summed E-state index contributed by atoms with van der Waals surface area (Å²) in [5, 5.41) is 3.04. The first-order valence-electron chi connectivity index (χ1n) is 7.81. The number of anilines is 1. The van der Waals surface area contributed by atoms with Gasteiger partial charge >= 0.3 is 0 Å². The van der Waals surface area contributed by atoms with Crippen LogP contribution in [0.4, 0.5) is 5.69 Å². The molecule has 0 atom stereocenters. The number of carbonyl (C=O) groups is 1. The van der Waals surface area contributed by atoms with Gasteiger partial charge in [0.2, 0.25) is 0 Å². The molecule has 1 aliphatic rings. The van der Waals surface area contributed by atoms with Gasteiger partial charge in [0.05, 0.1) is 0 Å². The maximum atomic E-state index is 12.3. The van der Waals surface area contributed by atoms with Crippen LogP contribution in [0, 0.1) is 18.8 Å². The van der Waals surface area contributed by atoms with Gasteiger partial charge in [-0.3, -0.25) is 4.79 Å². The van der Waals surface area contributed by atoms with E-state index in [2.05, 4.69) is 28.2 Å². The first-order valence-corrected chi connectivity index (χ1v) is 8.60. The zero-order valence-electron chi connectivity index (χ0n) is 12.9. The van der Waals surface area contributed by atoms with Gasteiger partial charge in [-0.1, -0.05) is 48.5 Å². The maximum absolute atomic E-state index is 12.3. The summed E-state index contributed by atoms with van der Waals surface area (Å²) in [5.41, 5.74) is 8.07. The third kappa shape index (κ3) is 4.47. The molecule has 4 heteroatoms. The zero-order chi connectivity index (χ0) is 15.4. The largest absolute Gasteiger partial charge is 0.398 e. The van der Waals surface area contributed by atoms with Gasteiger partial charge in [-0.15, -0.1) is 0 Å². The first kappa shape index (κ1) is 16.3. The molecule has 1 aromatic rings. The summed E-state index contributed by atoms with van der Waals surface area (Å²) in [6.07, 6.45) is 6.36. The Bertz CT molecular complexity index is 508. The Morgan fingerprint density at radius 2 is 2.00 bits per heavy atom. The minimum absolute atomic E-state index is 0.0234. The van der Waals surface area contributed by atoms with Crippen LogP contribution in [0.2, 0.25) is 0 Å². The smallest absolute Gasteiger partial charge is 0.251 e. The Morgan fingerprint density at radius 3 is 2.67 bits per heavy atom. The summed E-state index contributed by atoms with van der Waals surface area (Å²) in [7, 11) is 0. The summed E-state index contributed by atoms with van der Waals surface area (Å²) >= 11 is 3.39. The lowest BCUT2D eigenvalue weighted by Crippen LogP contribution is -2.27. The quantitative estimate of drug-likeness (QED) is 0.794. The van der Waals surface area contributed by atoms with Gasteiger partial charge in [0.1, 0.15) is 0 Å². The molecule has 116 valence electrons. The molecule has 3 N–H and O–H groups in total. The van der Waals surface area contributed by atoms with Crippen molar-refractivity contribution < 1.29 is 4.79 Å². The molecule has 0 unspecified atom stereocenters. The normalized spacial score (nSPS) is 22.0. The van der Waals surface area contributed by atoms with Crippen LogP contribution >= 0.6 is 15.9 Å². The lowest BCUT2D eigenvalue weighted by Gasteiger charge is -2.26. The van der Waals surface area contributed by atoms with Crippen molar-refractivity contribution in [3.05, 3.63) is 27.7 Å². The number of nitrogen functional groups attached to an aromatic ring is 1. The third-order valence-electron chi connectivity index (χ3n) is 4.63. The van der Waals surface area contributed by atoms with Crippen LogP contribution in [0.25, 0.3) is 0 Å². The predicted molar refractivity (Wildman–Crippen MR) is 91.4 cm³/mol. The maximum Gasteiger partial charge on any atom is 0.251 e. The van der Waals surface area contributed by atoms with Gasteiger partial charge in [-0.05, 0) is 42.9 Å². The standard InChI is InChI=1S/C17H25BrN2O/c1-11-3-5-13(6-4-11)7-8-20-17(21)15-9-14(18)10-16(19)12(15)2/h9-11,13H,3-8,19H2,1-2H3,(H,20,21). The summed E-state index contributed by atoms with van der Waals surface area (Å²) in [5.74, 6) is 1.63. The minimum atomic E-state index is -0.0234. The molecule has 0 aliphatic heterocycles. The molecule has 3 nitrogen and oxygen atoms in total. The van der Waals surface area contributed by atoms with E-state index in [1.165, 1.54) is 25.7 Å². The van der Waals surface area contributed by atoms with Crippen molar-refractivity contribution in [1.82, 2.24) is 5.32 Å². The molecular formula is C17H25BrN2O. The van der Waals surface area contributed by atoms with Crippen LogP contribution in [-0.2, 0) is 0 Å². The van der Waals surface area contributed by atoms with Gasteiger partial charge < -0.3 is 11.1 Å². The van der Waals surface area contributed by atoms with E-state index in [-0.39, 0.29) is 5.91 Å². The molecule has 1 saturated carbocycles. The molecule has 1 aromatic carbocycles. The van der Waals surface area contributed by atoms with Gasteiger partial charge in [0.15, 0.2) is 0 Å². The van der Waals surface area contributed by atoms with Crippen molar-refractivity contribution in [2.24, 2.45) is 11.8 Å². The molecule has 1 amide bonds. The van der Waals surface area contributed by atoms with Crippen molar-refractivity contribution in [3.8, 4) is 0 Å². The fourth-order valence-corrected chi connectivity index (χ4v) is 3.51. The summed E-state index contributed by atoms with van der Waals surface area (Å²) in [4.78, 5) is 12.3. The van der Waals surface area contributed by atoms with Crippen molar-refractivity contribution >= 4 is 27.5 Å². The van der Waals surface area contributed by atoms with Crippen LogP contribution < -0.4 is 11.1 Å². The second-order valence-corrected chi connectivity index (χ2v) is 7.25. The SMILES string of the molecule is Cc1c(N)cc(Br)cc1C(=O)NCCC1CCC(C)CC1. The molecular weight excluding hydrogens is 328 g/mol. The lowest BCUT2D eigenvalue weighted by molar-refractivity contribution is 0.0949. The van der Waals surface area contributed by atoms with Crippen LogP contribution in [0.5, 0.6) is 0 Å². The predicted octanol–water partition coefficient (Wildman–Crippen LogP) is 4.29. The van der Waals surface area contributed by atoms with Gasteiger partial charge in [-0.2, -0.15) is 0 Å². The number of benzene rings is 1. The number of halogens is 1. The van der Waals surface area contributed by atoms with E-state index in [0.29, 0.717) is 11.3 Å². The zero-order valence-corrected chi connectivity index (χ0v) is 14.5. The van der Waals surface area contributed by atoms with Gasteiger partial charge in [-0.25, -0.2) is 0 Å². The Balaban J connectivity index is 1.85.